The molecule has 112 valence electrons. The molecule has 2 N–H and O–H groups in total. The van der Waals surface area contributed by atoms with E-state index in [1.807, 2.05) is 13.8 Å². The van der Waals surface area contributed by atoms with Gasteiger partial charge in [-0.3, -0.25) is 10.1 Å². The molecular formula is C12H16N6O2S. The number of hydrogen-bond acceptors (Lipinski definition) is 8. The Labute approximate surface area is 125 Å². The number of nitrogens with one attached hydrogen (secondary N) is 2. The summed E-state index contributed by atoms with van der Waals surface area (Å²) >= 11 is 1.54. The van der Waals surface area contributed by atoms with Crippen molar-refractivity contribution in [3.63, 3.8) is 0 Å². The average Bonchev–Trinajstić information content (AvgIpc) is 2.88. The Morgan fingerprint density at radius 1 is 1.29 bits per heavy atom. The van der Waals surface area contributed by atoms with Crippen LogP contribution in [0.1, 0.15) is 23.2 Å². The molecule has 0 spiro atoms. The second-order valence-electron chi connectivity index (χ2n) is 4.30. The van der Waals surface area contributed by atoms with Gasteiger partial charge in [-0.1, -0.05) is 6.92 Å². The molecule has 0 aliphatic carbocycles. The first kappa shape index (κ1) is 15.1. The van der Waals surface area contributed by atoms with Gasteiger partial charge in [0.05, 0.1) is 16.5 Å². The van der Waals surface area contributed by atoms with Gasteiger partial charge in [-0.2, -0.15) is 0 Å². The second kappa shape index (κ2) is 6.93. The lowest BCUT2D eigenvalue weighted by atomic mass is 10.4. The third kappa shape index (κ3) is 3.85. The molecule has 0 aliphatic heterocycles. The number of thiazole rings is 1. The van der Waals surface area contributed by atoms with Gasteiger partial charge in [0.2, 0.25) is 11.6 Å². The van der Waals surface area contributed by atoms with E-state index < -0.39 is 4.92 Å². The van der Waals surface area contributed by atoms with Crippen LogP contribution in [0.2, 0.25) is 0 Å². The third-order valence-corrected chi connectivity index (χ3v) is 3.56. The van der Waals surface area contributed by atoms with E-state index in [0.717, 1.165) is 16.3 Å². The molecule has 0 fully saturated rings. The highest BCUT2D eigenvalue weighted by molar-refractivity contribution is 7.11. The number of anilines is 2. The molecule has 0 radical (unpaired) electrons. The van der Waals surface area contributed by atoms with Crippen LogP contribution < -0.4 is 10.6 Å². The van der Waals surface area contributed by atoms with Crippen molar-refractivity contribution in [1.82, 2.24) is 15.0 Å². The van der Waals surface area contributed by atoms with Crippen molar-refractivity contribution in [1.29, 1.82) is 0 Å². The fraction of sp³-hybridized carbons (Fsp3) is 0.417. The minimum absolute atomic E-state index is 0.132. The molecular weight excluding hydrogens is 292 g/mol. The summed E-state index contributed by atoms with van der Waals surface area (Å²) in [5, 5.41) is 18.1. The quantitative estimate of drug-likeness (QED) is 0.598. The maximum absolute atomic E-state index is 11.3. The Hall–Kier alpha value is -2.29. The molecule has 21 heavy (non-hydrogen) atoms. The van der Waals surface area contributed by atoms with Crippen molar-refractivity contribution in [3.05, 3.63) is 32.5 Å². The summed E-state index contributed by atoms with van der Waals surface area (Å²) in [5.41, 5.74) is -0.132. The molecule has 2 heterocycles. The highest BCUT2D eigenvalue weighted by Crippen LogP contribution is 2.29. The van der Waals surface area contributed by atoms with E-state index in [0.29, 0.717) is 13.1 Å². The average molecular weight is 308 g/mol. The predicted molar refractivity (Wildman–Crippen MR) is 81.6 cm³/mol. The number of rotatable bonds is 7. The van der Waals surface area contributed by atoms with E-state index in [1.54, 1.807) is 6.20 Å². The fourth-order valence-corrected chi connectivity index (χ4v) is 2.45. The van der Waals surface area contributed by atoms with Crippen LogP contribution in [-0.4, -0.2) is 26.4 Å². The van der Waals surface area contributed by atoms with Crippen LogP contribution in [0.3, 0.4) is 0 Å². The SMILES string of the molecule is CCCNc1ncnc(NCc2cnc(C)s2)c1[N+](=O)[O-]. The molecule has 0 atom stereocenters. The molecule has 0 saturated carbocycles. The first-order chi connectivity index (χ1) is 10.1. The van der Waals surface area contributed by atoms with Crippen molar-refractivity contribution >= 4 is 28.7 Å². The number of aromatic nitrogens is 3. The van der Waals surface area contributed by atoms with Gasteiger partial charge < -0.3 is 10.6 Å². The van der Waals surface area contributed by atoms with Crippen molar-refractivity contribution in [2.45, 2.75) is 26.8 Å². The van der Waals surface area contributed by atoms with Crippen molar-refractivity contribution in [2.24, 2.45) is 0 Å². The first-order valence-electron chi connectivity index (χ1n) is 6.50. The lowest BCUT2D eigenvalue weighted by molar-refractivity contribution is -0.383. The molecule has 0 unspecified atom stereocenters. The summed E-state index contributed by atoms with van der Waals surface area (Å²) in [7, 11) is 0. The van der Waals surface area contributed by atoms with E-state index in [4.69, 9.17) is 0 Å². The van der Waals surface area contributed by atoms with Crippen molar-refractivity contribution in [2.75, 3.05) is 17.2 Å². The zero-order valence-electron chi connectivity index (χ0n) is 11.8. The van der Waals surface area contributed by atoms with Gasteiger partial charge >= 0.3 is 5.69 Å². The molecule has 0 bridgehead atoms. The van der Waals surface area contributed by atoms with Crippen LogP contribution in [0.4, 0.5) is 17.3 Å². The largest absolute Gasteiger partial charge is 0.364 e. The van der Waals surface area contributed by atoms with Crippen LogP contribution in [0.15, 0.2) is 12.5 Å². The van der Waals surface area contributed by atoms with Gasteiger partial charge in [0.1, 0.15) is 6.33 Å². The van der Waals surface area contributed by atoms with Crippen LogP contribution >= 0.6 is 11.3 Å². The van der Waals surface area contributed by atoms with Gasteiger partial charge in [0.25, 0.3) is 0 Å². The van der Waals surface area contributed by atoms with Crippen LogP contribution in [0, 0.1) is 17.0 Å². The van der Waals surface area contributed by atoms with Gasteiger partial charge in [-0.05, 0) is 13.3 Å². The summed E-state index contributed by atoms with van der Waals surface area (Å²) in [5.74, 6) is 0.444. The summed E-state index contributed by atoms with van der Waals surface area (Å²) in [6.07, 6.45) is 3.91. The Morgan fingerprint density at radius 2 is 2.00 bits per heavy atom. The van der Waals surface area contributed by atoms with Crippen LogP contribution in [0.25, 0.3) is 0 Å². The van der Waals surface area contributed by atoms with E-state index in [2.05, 4.69) is 25.6 Å². The number of nitro groups is 1. The summed E-state index contributed by atoms with van der Waals surface area (Å²) in [6, 6.07) is 0. The molecule has 2 aromatic rings. The van der Waals surface area contributed by atoms with Crippen molar-refractivity contribution in [3.8, 4) is 0 Å². The molecule has 2 aromatic heterocycles. The first-order valence-corrected chi connectivity index (χ1v) is 7.32. The zero-order chi connectivity index (χ0) is 15.2. The topological polar surface area (TPSA) is 106 Å². The Bertz CT molecular complexity index is 630. The lowest BCUT2D eigenvalue weighted by Crippen LogP contribution is -2.10. The van der Waals surface area contributed by atoms with Crippen LogP contribution in [-0.2, 0) is 6.54 Å². The second-order valence-corrected chi connectivity index (χ2v) is 5.62. The summed E-state index contributed by atoms with van der Waals surface area (Å²) < 4.78 is 0. The van der Waals surface area contributed by atoms with E-state index >= 15 is 0 Å². The number of hydrogen-bond donors (Lipinski definition) is 2. The molecule has 9 heteroatoms. The minimum atomic E-state index is -0.474. The molecule has 0 aliphatic rings. The lowest BCUT2D eigenvalue weighted by Gasteiger charge is -2.08. The Kier molecular flexibility index (Phi) is 4.99. The maximum Gasteiger partial charge on any atom is 0.353 e. The maximum atomic E-state index is 11.3. The standard InChI is InChI=1S/C12H16N6O2S/c1-3-4-13-11-10(18(19)20)12(17-7-16-11)15-6-9-5-14-8(2)21-9/h5,7H,3-4,6H2,1-2H3,(H2,13,15,16,17). The number of aryl methyl sites for hydroxylation is 1. The summed E-state index contributed by atoms with van der Waals surface area (Å²) in [6.45, 7) is 4.95. The van der Waals surface area contributed by atoms with Gasteiger partial charge in [0, 0.05) is 17.6 Å². The van der Waals surface area contributed by atoms with Crippen LogP contribution in [0.5, 0.6) is 0 Å². The molecule has 2 rings (SSSR count). The molecule has 0 saturated heterocycles. The minimum Gasteiger partial charge on any atom is -0.364 e. The monoisotopic (exact) mass is 308 g/mol. The normalized spacial score (nSPS) is 10.4. The predicted octanol–water partition coefficient (Wildman–Crippen LogP) is 2.58. The van der Waals surface area contributed by atoms with E-state index in [9.17, 15) is 10.1 Å². The highest BCUT2D eigenvalue weighted by Gasteiger charge is 2.22. The summed E-state index contributed by atoms with van der Waals surface area (Å²) in [4.78, 5) is 23.8. The Morgan fingerprint density at radius 3 is 2.57 bits per heavy atom. The smallest absolute Gasteiger partial charge is 0.353 e. The zero-order valence-corrected chi connectivity index (χ0v) is 12.6. The van der Waals surface area contributed by atoms with E-state index in [1.165, 1.54) is 17.7 Å². The Balaban J connectivity index is 2.19. The van der Waals surface area contributed by atoms with Gasteiger partial charge in [0.15, 0.2) is 0 Å². The molecule has 8 nitrogen and oxygen atoms in total. The third-order valence-electron chi connectivity index (χ3n) is 2.65. The van der Waals surface area contributed by atoms with E-state index in [-0.39, 0.29) is 17.3 Å². The molecule has 0 amide bonds. The van der Waals surface area contributed by atoms with Gasteiger partial charge in [-0.15, -0.1) is 11.3 Å². The highest BCUT2D eigenvalue weighted by atomic mass is 32.1. The molecule has 0 aromatic carbocycles. The van der Waals surface area contributed by atoms with Gasteiger partial charge in [-0.25, -0.2) is 15.0 Å². The number of nitrogens with zero attached hydrogens (tertiary/aromatic N) is 4. The van der Waals surface area contributed by atoms with Crippen molar-refractivity contribution < 1.29 is 4.92 Å². The fourth-order valence-electron chi connectivity index (χ4n) is 1.71.